The van der Waals surface area contributed by atoms with Gasteiger partial charge in [0.25, 0.3) is 0 Å². The van der Waals surface area contributed by atoms with Gasteiger partial charge in [-0.1, -0.05) is 0 Å². The third kappa shape index (κ3) is 3.21. The molecule has 1 N–H and O–H groups in total. The lowest BCUT2D eigenvalue weighted by Gasteiger charge is -2.04. The summed E-state index contributed by atoms with van der Waals surface area (Å²) in [6, 6.07) is 12.8. The maximum absolute atomic E-state index is 3.41. The van der Waals surface area contributed by atoms with E-state index in [-0.39, 0.29) is 0 Å². The van der Waals surface area contributed by atoms with Crippen molar-refractivity contribution in [2.75, 3.05) is 5.32 Å². The monoisotopic (exact) mass is 329 g/mol. The molecule has 0 saturated heterocycles. The van der Waals surface area contributed by atoms with Crippen LogP contribution in [0.15, 0.2) is 36.4 Å². The standard InChI is InChI=1S/C12H12INS/c1-9-2-7-12(15-9)8-14-11-5-3-10(13)4-6-11/h2-7,14H,8H2,1H3. The lowest BCUT2D eigenvalue weighted by Crippen LogP contribution is -1.96. The van der Waals surface area contributed by atoms with E-state index in [1.54, 1.807) is 0 Å². The number of anilines is 1. The molecule has 15 heavy (non-hydrogen) atoms. The van der Waals surface area contributed by atoms with E-state index in [0.29, 0.717) is 0 Å². The SMILES string of the molecule is Cc1ccc(CNc2ccc(I)cc2)s1. The van der Waals surface area contributed by atoms with E-state index >= 15 is 0 Å². The molecule has 0 aliphatic rings. The van der Waals surface area contributed by atoms with Crippen LogP contribution in [0.25, 0.3) is 0 Å². The Bertz CT molecular complexity index is 433. The molecule has 0 fully saturated rings. The predicted octanol–water partition coefficient (Wildman–Crippen LogP) is 4.27. The van der Waals surface area contributed by atoms with Crippen LogP contribution in [-0.2, 0) is 6.54 Å². The molecule has 0 spiro atoms. The van der Waals surface area contributed by atoms with Gasteiger partial charge in [0.2, 0.25) is 0 Å². The highest BCUT2D eigenvalue weighted by Gasteiger charge is 1.96. The second-order valence-corrected chi connectivity index (χ2v) is 5.99. The minimum Gasteiger partial charge on any atom is -0.380 e. The Hall–Kier alpha value is -0.550. The summed E-state index contributed by atoms with van der Waals surface area (Å²) in [7, 11) is 0. The van der Waals surface area contributed by atoms with Gasteiger partial charge in [-0.25, -0.2) is 0 Å². The van der Waals surface area contributed by atoms with Crippen molar-refractivity contribution in [2.45, 2.75) is 13.5 Å². The summed E-state index contributed by atoms with van der Waals surface area (Å²) in [5.74, 6) is 0. The van der Waals surface area contributed by atoms with E-state index < -0.39 is 0 Å². The number of aryl methyl sites for hydroxylation is 1. The summed E-state index contributed by atoms with van der Waals surface area (Å²) in [6.07, 6.45) is 0. The molecule has 0 radical (unpaired) electrons. The molecule has 0 aliphatic carbocycles. The maximum atomic E-state index is 3.41. The third-order valence-electron chi connectivity index (χ3n) is 2.11. The highest BCUT2D eigenvalue weighted by molar-refractivity contribution is 14.1. The number of rotatable bonds is 3. The molecule has 1 aromatic carbocycles. The van der Waals surface area contributed by atoms with Crippen LogP contribution >= 0.6 is 33.9 Å². The van der Waals surface area contributed by atoms with Crippen LogP contribution in [0.5, 0.6) is 0 Å². The zero-order valence-corrected chi connectivity index (χ0v) is 11.4. The van der Waals surface area contributed by atoms with Crippen LogP contribution in [0.1, 0.15) is 9.75 Å². The lowest BCUT2D eigenvalue weighted by molar-refractivity contribution is 1.19. The Kier molecular flexibility index (Phi) is 3.64. The summed E-state index contributed by atoms with van der Waals surface area (Å²) in [5, 5.41) is 3.41. The fraction of sp³-hybridized carbons (Fsp3) is 0.167. The molecule has 0 atom stereocenters. The molecule has 0 saturated carbocycles. The van der Waals surface area contributed by atoms with Gasteiger partial charge < -0.3 is 5.32 Å². The van der Waals surface area contributed by atoms with Gasteiger partial charge in [0.05, 0.1) is 0 Å². The van der Waals surface area contributed by atoms with E-state index in [1.165, 1.54) is 19.0 Å². The number of nitrogens with one attached hydrogen (secondary N) is 1. The number of thiophene rings is 1. The quantitative estimate of drug-likeness (QED) is 0.829. The Morgan fingerprint density at radius 2 is 1.87 bits per heavy atom. The summed E-state index contributed by atoms with van der Waals surface area (Å²) in [5.41, 5.74) is 1.18. The first kappa shape index (κ1) is 11.0. The average Bonchev–Trinajstić information content (AvgIpc) is 2.64. The normalized spacial score (nSPS) is 10.3. The van der Waals surface area contributed by atoms with Crippen molar-refractivity contribution in [3.63, 3.8) is 0 Å². The van der Waals surface area contributed by atoms with Crippen molar-refractivity contribution in [1.82, 2.24) is 0 Å². The first-order chi connectivity index (χ1) is 7.24. The van der Waals surface area contributed by atoms with E-state index in [1.807, 2.05) is 11.3 Å². The maximum Gasteiger partial charge on any atom is 0.0494 e. The van der Waals surface area contributed by atoms with Gasteiger partial charge in [-0.15, -0.1) is 11.3 Å². The number of hydrogen-bond acceptors (Lipinski definition) is 2. The van der Waals surface area contributed by atoms with Crippen molar-refractivity contribution >= 4 is 39.6 Å². The van der Waals surface area contributed by atoms with Gasteiger partial charge in [0.1, 0.15) is 0 Å². The van der Waals surface area contributed by atoms with Crippen LogP contribution < -0.4 is 5.32 Å². The molecular formula is C12H12INS. The fourth-order valence-electron chi connectivity index (χ4n) is 1.34. The lowest BCUT2D eigenvalue weighted by atomic mass is 10.3. The van der Waals surface area contributed by atoms with Crippen molar-refractivity contribution in [1.29, 1.82) is 0 Å². The van der Waals surface area contributed by atoms with Gasteiger partial charge in [0, 0.05) is 25.6 Å². The van der Waals surface area contributed by atoms with Gasteiger partial charge in [0.15, 0.2) is 0 Å². The Morgan fingerprint density at radius 1 is 1.13 bits per heavy atom. The zero-order valence-electron chi connectivity index (χ0n) is 8.46. The summed E-state index contributed by atoms with van der Waals surface area (Å²) in [4.78, 5) is 2.75. The van der Waals surface area contributed by atoms with Crippen molar-refractivity contribution in [2.24, 2.45) is 0 Å². The van der Waals surface area contributed by atoms with Crippen molar-refractivity contribution in [3.05, 3.63) is 49.7 Å². The van der Waals surface area contributed by atoms with Crippen LogP contribution in [0.2, 0.25) is 0 Å². The van der Waals surface area contributed by atoms with Crippen LogP contribution in [0.3, 0.4) is 0 Å². The van der Waals surface area contributed by atoms with Gasteiger partial charge in [-0.05, 0) is 65.9 Å². The Balaban J connectivity index is 1.96. The molecule has 1 heterocycles. The molecule has 0 bridgehead atoms. The molecule has 1 nitrogen and oxygen atoms in total. The van der Waals surface area contributed by atoms with Crippen molar-refractivity contribution < 1.29 is 0 Å². The Labute approximate surface area is 108 Å². The number of benzene rings is 1. The highest BCUT2D eigenvalue weighted by atomic mass is 127. The van der Waals surface area contributed by atoms with E-state index in [4.69, 9.17) is 0 Å². The van der Waals surface area contributed by atoms with Crippen molar-refractivity contribution in [3.8, 4) is 0 Å². The van der Waals surface area contributed by atoms with Gasteiger partial charge >= 0.3 is 0 Å². The number of hydrogen-bond donors (Lipinski definition) is 1. The second kappa shape index (κ2) is 4.99. The first-order valence-corrected chi connectivity index (χ1v) is 6.68. The molecule has 0 amide bonds. The minimum absolute atomic E-state index is 0.916. The van der Waals surface area contributed by atoms with E-state index in [9.17, 15) is 0 Å². The predicted molar refractivity (Wildman–Crippen MR) is 75.5 cm³/mol. The minimum atomic E-state index is 0.916. The smallest absolute Gasteiger partial charge is 0.0494 e. The number of halogens is 1. The molecule has 3 heteroatoms. The molecule has 1 aromatic heterocycles. The zero-order chi connectivity index (χ0) is 10.7. The van der Waals surface area contributed by atoms with E-state index in [0.717, 1.165) is 6.54 Å². The Morgan fingerprint density at radius 3 is 2.47 bits per heavy atom. The van der Waals surface area contributed by atoms with Gasteiger partial charge in [-0.2, -0.15) is 0 Å². The summed E-state index contributed by atoms with van der Waals surface area (Å²) >= 11 is 4.16. The topological polar surface area (TPSA) is 12.0 Å². The highest BCUT2D eigenvalue weighted by Crippen LogP contribution is 2.17. The fourth-order valence-corrected chi connectivity index (χ4v) is 2.53. The third-order valence-corrected chi connectivity index (χ3v) is 3.83. The largest absolute Gasteiger partial charge is 0.380 e. The molecule has 2 aromatic rings. The van der Waals surface area contributed by atoms with Gasteiger partial charge in [-0.3, -0.25) is 0 Å². The van der Waals surface area contributed by atoms with Crippen LogP contribution in [0, 0.1) is 10.5 Å². The van der Waals surface area contributed by atoms with Crippen LogP contribution in [-0.4, -0.2) is 0 Å². The molecule has 2 rings (SSSR count). The molecule has 0 aliphatic heterocycles. The summed E-state index contributed by atoms with van der Waals surface area (Å²) < 4.78 is 1.27. The average molecular weight is 329 g/mol. The first-order valence-electron chi connectivity index (χ1n) is 4.79. The van der Waals surface area contributed by atoms with Crippen LogP contribution in [0.4, 0.5) is 5.69 Å². The second-order valence-electron chi connectivity index (χ2n) is 3.37. The summed E-state index contributed by atoms with van der Waals surface area (Å²) in [6.45, 7) is 3.05. The van der Waals surface area contributed by atoms with E-state index in [2.05, 4.69) is 71.2 Å². The molecular weight excluding hydrogens is 317 g/mol. The molecule has 78 valence electrons. The molecule has 0 unspecified atom stereocenters.